The Bertz CT molecular complexity index is 573. The highest BCUT2D eigenvalue weighted by Gasteiger charge is 2.16. The third kappa shape index (κ3) is 5.44. The molecule has 1 rings (SSSR count). The third-order valence-electron chi connectivity index (χ3n) is 2.20. The zero-order chi connectivity index (χ0) is 15.2. The molecule has 0 aromatic heterocycles. The van der Waals surface area contributed by atoms with E-state index in [1.807, 2.05) is 6.92 Å². The lowest BCUT2D eigenvalue weighted by Crippen LogP contribution is -2.12. The Balaban J connectivity index is 2.71. The highest BCUT2D eigenvalue weighted by atomic mass is 35.7. The van der Waals surface area contributed by atoms with Crippen LogP contribution in [-0.2, 0) is 18.5 Å². The van der Waals surface area contributed by atoms with E-state index in [9.17, 15) is 17.6 Å². The van der Waals surface area contributed by atoms with E-state index in [0.29, 0.717) is 6.61 Å². The fraction of sp³-hybridized carbons (Fsp3) is 0.417. The number of hydrogen-bond donors (Lipinski definition) is 0. The van der Waals surface area contributed by atoms with Crippen LogP contribution < -0.4 is 0 Å². The quantitative estimate of drug-likeness (QED) is 0.437. The van der Waals surface area contributed by atoms with Crippen molar-refractivity contribution < 1.29 is 27.1 Å². The van der Waals surface area contributed by atoms with Crippen molar-refractivity contribution in [2.45, 2.75) is 18.2 Å². The Morgan fingerprint density at radius 3 is 2.55 bits per heavy atom. The van der Waals surface area contributed by atoms with Gasteiger partial charge in [0, 0.05) is 17.3 Å². The molecule has 8 heteroatoms. The SMILES string of the molecule is CCCOCCOC(=O)c1cc(F)cc(S(=O)(=O)Cl)c1. The Kier molecular flexibility index (Phi) is 6.38. The highest BCUT2D eigenvalue weighted by molar-refractivity contribution is 8.13. The molecule has 1 aromatic carbocycles. The summed E-state index contributed by atoms with van der Waals surface area (Å²) in [6, 6.07) is 2.56. The molecule has 0 saturated heterocycles. The van der Waals surface area contributed by atoms with Crippen molar-refractivity contribution in [3.63, 3.8) is 0 Å². The van der Waals surface area contributed by atoms with Gasteiger partial charge in [-0.2, -0.15) is 0 Å². The van der Waals surface area contributed by atoms with Gasteiger partial charge in [-0.05, 0) is 24.6 Å². The summed E-state index contributed by atoms with van der Waals surface area (Å²) in [5.74, 6) is -1.73. The van der Waals surface area contributed by atoms with Gasteiger partial charge in [0.2, 0.25) is 0 Å². The second-order valence-corrected chi connectivity index (χ2v) is 6.43. The fourth-order valence-corrected chi connectivity index (χ4v) is 2.13. The van der Waals surface area contributed by atoms with E-state index in [1.165, 1.54) is 0 Å². The van der Waals surface area contributed by atoms with Gasteiger partial charge < -0.3 is 9.47 Å². The number of halogens is 2. The van der Waals surface area contributed by atoms with Crippen LogP contribution in [0.3, 0.4) is 0 Å². The number of ether oxygens (including phenoxy) is 2. The zero-order valence-corrected chi connectivity index (χ0v) is 12.3. The number of benzene rings is 1. The summed E-state index contributed by atoms with van der Waals surface area (Å²) >= 11 is 0. The lowest BCUT2D eigenvalue weighted by atomic mass is 10.2. The summed E-state index contributed by atoms with van der Waals surface area (Å²) < 4.78 is 45.4. The van der Waals surface area contributed by atoms with Gasteiger partial charge in [0.1, 0.15) is 12.4 Å². The van der Waals surface area contributed by atoms with E-state index in [2.05, 4.69) is 0 Å². The van der Waals surface area contributed by atoms with Crippen LogP contribution in [0.5, 0.6) is 0 Å². The van der Waals surface area contributed by atoms with Gasteiger partial charge in [0.05, 0.1) is 17.1 Å². The smallest absolute Gasteiger partial charge is 0.338 e. The third-order valence-corrected chi connectivity index (χ3v) is 3.53. The topological polar surface area (TPSA) is 69.7 Å². The number of rotatable bonds is 7. The monoisotopic (exact) mass is 324 g/mol. The fourth-order valence-electron chi connectivity index (χ4n) is 1.34. The Hall–Kier alpha value is -1.18. The average molecular weight is 325 g/mol. The van der Waals surface area contributed by atoms with Crippen LogP contribution in [0.1, 0.15) is 23.7 Å². The van der Waals surface area contributed by atoms with Crippen molar-refractivity contribution in [2.24, 2.45) is 0 Å². The molecule has 5 nitrogen and oxygen atoms in total. The normalized spacial score (nSPS) is 11.3. The van der Waals surface area contributed by atoms with E-state index in [1.54, 1.807) is 0 Å². The molecule has 0 amide bonds. The summed E-state index contributed by atoms with van der Waals surface area (Å²) in [5.41, 5.74) is -0.222. The number of carbonyl (C=O) groups is 1. The lowest BCUT2D eigenvalue weighted by molar-refractivity contribution is 0.0318. The molecular formula is C12H14ClFO5S. The van der Waals surface area contributed by atoms with Crippen molar-refractivity contribution in [1.29, 1.82) is 0 Å². The van der Waals surface area contributed by atoms with Gasteiger partial charge >= 0.3 is 5.97 Å². The molecular weight excluding hydrogens is 311 g/mol. The molecule has 1 aromatic rings. The predicted octanol–water partition coefficient (Wildman–Crippen LogP) is 2.34. The van der Waals surface area contributed by atoms with Crippen LogP contribution in [0.25, 0.3) is 0 Å². The van der Waals surface area contributed by atoms with Crippen LogP contribution in [-0.4, -0.2) is 34.2 Å². The summed E-state index contributed by atoms with van der Waals surface area (Å²) in [6.07, 6.45) is 0.842. The van der Waals surface area contributed by atoms with Gasteiger partial charge in [0.25, 0.3) is 9.05 Å². The van der Waals surface area contributed by atoms with Crippen LogP contribution in [0.2, 0.25) is 0 Å². The van der Waals surface area contributed by atoms with Crippen molar-refractivity contribution in [3.8, 4) is 0 Å². The maximum Gasteiger partial charge on any atom is 0.338 e. The molecule has 0 radical (unpaired) electrons. The molecule has 0 saturated carbocycles. The molecule has 0 N–H and O–H groups in total. The van der Waals surface area contributed by atoms with Crippen molar-refractivity contribution in [2.75, 3.05) is 19.8 Å². The number of esters is 1. The molecule has 0 unspecified atom stereocenters. The minimum atomic E-state index is -4.11. The first-order valence-electron chi connectivity index (χ1n) is 5.84. The molecule has 0 bridgehead atoms. The van der Waals surface area contributed by atoms with Gasteiger partial charge in [-0.25, -0.2) is 17.6 Å². The van der Waals surface area contributed by atoms with Crippen LogP contribution >= 0.6 is 10.7 Å². The first kappa shape index (κ1) is 16.9. The standard InChI is InChI=1S/C12H14ClFO5S/c1-2-3-18-4-5-19-12(15)9-6-10(14)8-11(7-9)20(13,16)17/h6-8H,2-5H2,1H3. The second-order valence-electron chi connectivity index (χ2n) is 3.86. The molecule has 20 heavy (non-hydrogen) atoms. The molecule has 0 fully saturated rings. The van der Waals surface area contributed by atoms with Gasteiger partial charge in [0.15, 0.2) is 0 Å². The van der Waals surface area contributed by atoms with Gasteiger partial charge in [-0.3, -0.25) is 0 Å². The largest absolute Gasteiger partial charge is 0.460 e. The van der Waals surface area contributed by atoms with Crippen LogP contribution in [0.15, 0.2) is 23.1 Å². The minimum absolute atomic E-state index is 0.00168. The van der Waals surface area contributed by atoms with Crippen molar-refractivity contribution >= 4 is 25.7 Å². The van der Waals surface area contributed by atoms with Crippen LogP contribution in [0, 0.1) is 5.82 Å². The molecule has 0 heterocycles. The first-order chi connectivity index (χ1) is 9.34. The Labute approximate surface area is 121 Å². The van der Waals surface area contributed by atoms with E-state index >= 15 is 0 Å². The van der Waals surface area contributed by atoms with Crippen molar-refractivity contribution in [3.05, 3.63) is 29.6 Å². The average Bonchev–Trinajstić information content (AvgIpc) is 2.36. The summed E-state index contributed by atoms with van der Waals surface area (Å²) in [4.78, 5) is 11.1. The predicted molar refractivity (Wildman–Crippen MR) is 70.8 cm³/mol. The molecule has 0 aliphatic heterocycles. The van der Waals surface area contributed by atoms with E-state index < -0.39 is 25.7 Å². The minimum Gasteiger partial charge on any atom is -0.460 e. The first-order valence-corrected chi connectivity index (χ1v) is 8.15. The Morgan fingerprint density at radius 2 is 1.95 bits per heavy atom. The van der Waals surface area contributed by atoms with Gasteiger partial charge in [-0.1, -0.05) is 6.92 Å². The molecule has 0 aliphatic rings. The van der Waals surface area contributed by atoms with E-state index in [4.69, 9.17) is 20.2 Å². The van der Waals surface area contributed by atoms with Crippen LogP contribution in [0.4, 0.5) is 4.39 Å². The van der Waals surface area contributed by atoms with Crippen molar-refractivity contribution in [1.82, 2.24) is 0 Å². The molecule has 0 spiro atoms. The summed E-state index contributed by atoms with van der Waals surface area (Å²) in [6.45, 7) is 2.70. The maximum absolute atomic E-state index is 13.3. The summed E-state index contributed by atoms with van der Waals surface area (Å²) in [7, 11) is 0.988. The second kappa shape index (κ2) is 7.56. The zero-order valence-electron chi connectivity index (χ0n) is 10.8. The number of carbonyl (C=O) groups excluding carboxylic acids is 1. The summed E-state index contributed by atoms with van der Waals surface area (Å²) in [5, 5.41) is 0. The molecule has 0 aliphatic carbocycles. The molecule has 0 atom stereocenters. The maximum atomic E-state index is 13.3. The Morgan fingerprint density at radius 1 is 1.25 bits per heavy atom. The number of hydrogen-bond acceptors (Lipinski definition) is 5. The van der Waals surface area contributed by atoms with Gasteiger partial charge in [-0.15, -0.1) is 0 Å². The lowest BCUT2D eigenvalue weighted by Gasteiger charge is -2.06. The van der Waals surface area contributed by atoms with E-state index in [0.717, 1.165) is 24.6 Å². The van der Waals surface area contributed by atoms with E-state index in [-0.39, 0.29) is 18.8 Å². The highest BCUT2D eigenvalue weighted by Crippen LogP contribution is 2.19. The molecule has 112 valence electrons.